The SMILES string of the molecule is Nc1nc(=O)n([C@@H]2O[C@H](C(OC(=O)O)OP(=O)(O)OP(=O)(O)OP(=O)(O)O)[C@@H](O)[C@H]2O)c[c]1[Hg]. The van der Waals surface area contributed by atoms with Gasteiger partial charge in [-0.3, -0.25) is 0 Å². The summed E-state index contributed by atoms with van der Waals surface area (Å²) in [5.74, 6) is -0.0890. The predicted molar refractivity (Wildman–Crippen MR) is 96.3 cm³/mol. The molecule has 3 unspecified atom stereocenters. The number of nitrogen functional groups attached to an aromatic ring is 1. The van der Waals surface area contributed by atoms with Gasteiger partial charge in [-0.25, -0.2) is 4.57 Å². The van der Waals surface area contributed by atoms with Gasteiger partial charge in [-0.15, -0.1) is 0 Å². The molecule has 0 spiro atoms. The molecule has 2 rings (SSSR count). The number of phosphoric ester groups is 1. The van der Waals surface area contributed by atoms with Crippen LogP contribution < -0.4 is 14.5 Å². The number of aliphatic hydroxyl groups excluding tert-OH is 2. The Morgan fingerprint density at radius 3 is 2.26 bits per heavy atom. The zero-order chi connectivity index (χ0) is 26.2. The first-order valence-electron chi connectivity index (χ1n) is 8.26. The van der Waals surface area contributed by atoms with E-state index in [1.807, 2.05) is 0 Å². The van der Waals surface area contributed by atoms with E-state index in [-0.39, 0.29) is 31.9 Å². The number of anilines is 1. The Morgan fingerprint density at radius 2 is 1.74 bits per heavy atom. The number of carboxylic acid groups (broad SMARTS) is 1. The number of hydrogen-bond acceptors (Lipinski definition) is 14. The van der Waals surface area contributed by atoms with Crippen LogP contribution in [0.3, 0.4) is 0 Å². The molecule has 0 amide bonds. The van der Waals surface area contributed by atoms with Gasteiger partial charge in [0.15, 0.2) is 0 Å². The summed E-state index contributed by atoms with van der Waals surface area (Å²) < 4.78 is 55.9. The third-order valence-electron chi connectivity index (χ3n) is 3.75. The van der Waals surface area contributed by atoms with Gasteiger partial charge in [0, 0.05) is 0 Å². The Hall–Kier alpha value is -0.825. The summed E-state index contributed by atoms with van der Waals surface area (Å²) in [5.41, 5.74) is 4.48. The van der Waals surface area contributed by atoms with Crippen LogP contribution in [-0.2, 0) is 62.4 Å². The second kappa shape index (κ2) is 10.7. The number of rotatable bonds is 9. The molecule has 24 heteroatoms. The molecule has 20 nitrogen and oxygen atoms in total. The van der Waals surface area contributed by atoms with Crippen LogP contribution in [0.25, 0.3) is 0 Å². The van der Waals surface area contributed by atoms with E-state index >= 15 is 0 Å². The quantitative estimate of drug-likeness (QED) is 0.0540. The van der Waals surface area contributed by atoms with Crippen LogP contribution >= 0.6 is 23.5 Å². The molecule has 1 fully saturated rings. The zero-order valence-corrected chi connectivity index (χ0v) is 24.4. The molecule has 0 aromatic carbocycles. The van der Waals surface area contributed by atoms with E-state index in [4.69, 9.17) is 25.4 Å². The number of nitrogens with two attached hydrogens (primary N) is 1. The van der Waals surface area contributed by atoms with Crippen molar-refractivity contribution in [3.05, 3.63) is 16.7 Å². The summed E-state index contributed by atoms with van der Waals surface area (Å²) in [7, 11) is -17.7. The maximum atomic E-state index is 12.1. The van der Waals surface area contributed by atoms with Crippen molar-refractivity contribution in [3.8, 4) is 0 Å². The van der Waals surface area contributed by atoms with Crippen molar-refractivity contribution >= 4 is 38.5 Å². The van der Waals surface area contributed by atoms with Crippen molar-refractivity contribution in [2.45, 2.75) is 30.8 Å². The molecular weight excluding hydrogens is 728 g/mol. The molecule has 9 N–H and O–H groups in total. The standard InChI is InChI=1S/C10H15N3O17P3.Hg/c11-3-1-2-13(9(16)12-3)7-5(15)4(14)6(26-7)8(27-10(17)18)28-32(22,23)30-33(24,25)29-31(19,20)21;/h2,4-8,14-15H,(H,17,18)(H,22,23)(H,24,25)(H2,11,12,16)(H2,19,20,21);/t4-,5+,6-,7+,8?;/m0./s1. The molecule has 0 saturated carbocycles. The van der Waals surface area contributed by atoms with Crippen LogP contribution in [0, 0.1) is 0 Å². The van der Waals surface area contributed by atoms with Gasteiger partial charge in [0.2, 0.25) is 0 Å². The maximum absolute atomic E-state index is 12.1. The Kier molecular flexibility index (Phi) is 9.21. The van der Waals surface area contributed by atoms with E-state index in [2.05, 4.69) is 22.9 Å². The molecule has 1 aromatic heterocycles. The second-order valence-corrected chi connectivity index (χ2v) is 13.6. The molecule has 0 bridgehead atoms. The Morgan fingerprint density at radius 1 is 1.15 bits per heavy atom. The van der Waals surface area contributed by atoms with Crippen molar-refractivity contribution < 1.29 is 102 Å². The summed E-state index contributed by atoms with van der Waals surface area (Å²) in [6.07, 6.45) is -11.8. The molecule has 1 aromatic rings. The molecule has 34 heavy (non-hydrogen) atoms. The van der Waals surface area contributed by atoms with Crippen molar-refractivity contribution in [2.24, 2.45) is 0 Å². The van der Waals surface area contributed by atoms with Crippen molar-refractivity contribution in [1.29, 1.82) is 0 Å². The summed E-state index contributed by atoms with van der Waals surface area (Å²) in [4.78, 5) is 62.5. The van der Waals surface area contributed by atoms with Gasteiger partial charge in [-0.1, -0.05) is 0 Å². The number of ether oxygens (including phenoxy) is 2. The van der Waals surface area contributed by atoms with Gasteiger partial charge in [-0.05, 0) is 0 Å². The molecule has 2 heterocycles. The van der Waals surface area contributed by atoms with Gasteiger partial charge in [0.25, 0.3) is 0 Å². The number of phosphoric acid groups is 3. The summed E-state index contributed by atoms with van der Waals surface area (Å²) in [6, 6.07) is 0. The van der Waals surface area contributed by atoms with Crippen LogP contribution in [0.2, 0.25) is 0 Å². The topological polar surface area (TPSA) is 317 Å². The monoisotopic (exact) mass is 744 g/mol. The van der Waals surface area contributed by atoms with E-state index in [1.54, 1.807) is 0 Å². The predicted octanol–water partition coefficient (Wildman–Crippen LogP) is -3.02. The number of aliphatic hydroxyl groups is 2. The molecule has 0 aliphatic carbocycles. The third-order valence-corrected chi connectivity index (χ3v) is 9.67. The third kappa shape index (κ3) is 7.84. The molecular formula is C10H15HgN3O17P3. The molecule has 189 valence electrons. The van der Waals surface area contributed by atoms with Crippen LogP contribution in [0.15, 0.2) is 11.0 Å². The Bertz CT molecular complexity index is 1140. The zero-order valence-electron chi connectivity index (χ0n) is 16.2. The summed E-state index contributed by atoms with van der Waals surface area (Å²) in [6.45, 7) is 0. The first-order chi connectivity index (χ1) is 15.3. The second-order valence-electron chi connectivity index (χ2n) is 6.26. The fraction of sp³-hybridized carbons (Fsp3) is 0.500. The Labute approximate surface area is 203 Å². The Balaban J connectivity index is 2.32. The number of nitrogens with zero attached hydrogens (tertiary/aromatic N) is 2. The average Bonchev–Trinajstić information content (AvgIpc) is 2.89. The van der Waals surface area contributed by atoms with Crippen LogP contribution in [0.5, 0.6) is 0 Å². The number of hydrogen-bond donors (Lipinski definition) is 8. The van der Waals surface area contributed by atoms with E-state index < -0.39 is 66.1 Å². The van der Waals surface area contributed by atoms with Gasteiger partial charge in [0.05, 0.1) is 0 Å². The number of carbonyl (C=O) groups is 1. The van der Waals surface area contributed by atoms with E-state index in [0.717, 1.165) is 6.20 Å². The summed E-state index contributed by atoms with van der Waals surface area (Å²) >= 11 is -0.174. The molecule has 7 atom stereocenters. The summed E-state index contributed by atoms with van der Waals surface area (Å²) in [5, 5.41) is 29.4. The normalized spacial score (nSPS) is 27.5. The number of aromatic nitrogens is 2. The van der Waals surface area contributed by atoms with Gasteiger partial charge < -0.3 is 9.79 Å². The van der Waals surface area contributed by atoms with Crippen molar-refractivity contribution in [2.75, 3.05) is 5.73 Å². The molecule has 1 saturated heterocycles. The van der Waals surface area contributed by atoms with Crippen molar-refractivity contribution in [1.82, 2.24) is 9.55 Å². The van der Waals surface area contributed by atoms with E-state index in [1.165, 1.54) is 0 Å². The van der Waals surface area contributed by atoms with E-state index in [9.17, 15) is 43.3 Å². The van der Waals surface area contributed by atoms with Crippen LogP contribution in [0.4, 0.5) is 10.6 Å². The van der Waals surface area contributed by atoms with E-state index in [0.29, 0.717) is 7.64 Å². The minimum atomic E-state index is -5.98. The molecule has 1 aliphatic heterocycles. The minimum absolute atomic E-state index is 0.0890. The fourth-order valence-corrected chi connectivity index (χ4v) is 6.68. The van der Waals surface area contributed by atoms with Gasteiger partial charge in [0.1, 0.15) is 0 Å². The molecule has 1 aliphatic rings. The first kappa shape index (κ1) is 29.4. The van der Waals surface area contributed by atoms with Gasteiger partial charge in [-0.2, -0.15) is 0 Å². The average molecular weight is 743 g/mol. The van der Waals surface area contributed by atoms with Crippen molar-refractivity contribution in [3.63, 3.8) is 0 Å². The molecule has 0 radical (unpaired) electrons. The fourth-order valence-electron chi connectivity index (χ4n) is 2.52. The van der Waals surface area contributed by atoms with Gasteiger partial charge >= 0.3 is 189 Å². The first-order valence-corrected chi connectivity index (χ1v) is 15.5. The van der Waals surface area contributed by atoms with Crippen LogP contribution in [0.1, 0.15) is 6.23 Å². The van der Waals surface area contributed by atoms with Crippen LogP contribution in [-0.4, -0.2) is 75.2 Å².